The van der Waals surface area contributed by atoms with E-state index in [1.165, 1.54) is 11.3 Å². The molecule has 1 saturated carbocycles. The Morgan fingerprint density at radius 1 is 1.53 bits per heavy atom. The fraction of sp³-hybridized carbons (Fsp3) is 0.500. The third-order valence-corrected chi connectivity index (χ3v) is 4.29. The van der Waals surface area contributed by atoms with Crippen LogP contribution in [0.4, 0.5) is 11.8 Å². The fourth-order valence-corrected chi connectivity index (χ4v) is 2.99. The van der Waals surface area contributed by atoms with Crippen molar-refractivity contribution in [3.8, 4) is 0 Å². The standard InChI is InChI=1S/C12H16N4S/c1-6-3-8(6)5-14-10-9-4-7(2)17-11(9)16-12(13)15-10/h4,6,8H,3,5H2,1-2H3,(H3,13,14,15,16). The second-order valence-corrected chi connectivity index (χ2v) is 6.10. The second-order valence-electron chi connectivity index (χ2n) is 4.86. The van der Waals surface area contributed by atoms with E-state index in [2.05, 4.69) is 35.2 Å². The number of fused-ring (bicyclic) bond motifs is 1. The minimum atomic E-state index is 0.352. The van der Waals surface area contributed by atoms with E-state index < -0.39 is 0 Å². The summed E-state index contributed by atoms with van der Waals surface area (Å²) in [5.74, 6) is 2.88. The van der Waals surface area contributed by atoms with Crippen LogP contribution in [0.3, 0.4) is 0 Å². The zero-order chi connectivity index (χ0) is 12.0. The van der Waals surface area contributed by atoms with Crippen molar-refractivity contribution < 1.29 is 0 Å². The van der Waals surface area contributed by atoms with Gasteiger partial charge in [-0.3, -0.25) is 0 Å². The van der Waals surface area contributed by atoms with Gasteiger partial charge in [-0.1, -0.05) is 6.92 Å². The third-order valence-electron chi connectivity index (χ3n) is 3.34. The van der Waals surface area contributed by atoms with Crippen molar-refractivity contribution >= 4 is 33.3 Å². The number of nitrogen functional groups attached to an aromatic ring is 1. The summed E-state index contributed by atoms with van der Waals surface area (Å²) < 4.78 is 0. The first-order valence-corrected chi connectivity index (χ1v) is 6.72. The van der Waals surface area contributed by atoms with Crippen LogP contribution in [0, 0.1) is 18.8 Å². The minimum absolute atomic E-state index is 0.352. The lowest BCUT2D eigenvalue weighted by Gasteiger charge is -2.06. The van der Waals surface area contributed by atoms with Gasteiger partial charge in [-0.25, -0.2) is 4.98 Å². The summed E-state index contributed by atoms with van der Waals surface area (Å²) in [6.45, 7) is 5.35. The molecule has 4 nitrogen and oxygen atoms in total. The van der Waals surface area contributed by atoms with Gasteiger partial charge in [0.05, 0.1) is 5.39 Å². The maximum absolute atomic E-state index is 5.73. The molecular formula is C12H16N4S. The van der Waals surface area contributed by atoms with Gasteiger partial charge < -0.3 is 11.1 Å². The number of hydrogen-bond donors (Lipinski definition) is 2. The monoisotopic (exact) mass is 248 g/mol. The number of thiophene rings is 1. The summed E-state index contributed by atoms with van der Waals surface area (Å²) in [5.41, 5.74) is 5.73. The van der Waals surface area contributed by atoms with Crippen molar-refractivity contribution in [3.05, 3.63) is 10.9 Å². The number of nitrogens with one attached hydrogen (secondary N) is 1. The van der Waals surface area contributed by atoms with E-state index in [4.69, 9.17) is 5.73 Å². The second kappa shape index (κ2) is 3.84. The molecule has 17 heavy (non-hydrogen) atoms. The molecule has 1 aliphatic rings. The summed E-state index contributed by atoms with van der Waals surface area (Å²) >= 11 is 1.66. The molecule has 90 valence electrons. The minimum Gasteiger partial charge on any atom is -0.369 e. The topological polar surface area (TPSA) is 63.8 Å². The van der Waals surface area contributed by atoms with Gasteiger partial charge in [0.2, 0.25) is 5.95 Å². The number of nitrogens with zero attached hydrogens (tertiary/aromatic N) is 2. The zero-order valence-electron chi connectivity index (χ0n) is 10.0. The summed E-state index contributed by atoms with van der Waals surface area (Å²) in [4.78, 5) is 10.8. The quantitative estimate of drug-likeness (QED) is 0.876. The van der Waals surface area contributed by atoms with Gasteiger partial charge in [0.15, 0.2) is 0 Å². The molecule has 2 heterocycles. The summed E-state index contributed by atoms with van der Waals surface area (Å²) in [7, 11) is 0. The van der Waals surface area contributed by atoms with Crippen molar-refractivity contribution in [1.82, 2.24) is 9.97 Å². The Morgan fingerprint density at radius 3 is 3.00 bits per heavy atom. The highest BCUT2D eigenvalue weighted by atomic mass is 32.1. The van der Waals surface area contributed by atoms with E-state index in [-0.39, 0.29) is 0 Å². The molecular weight excluding hydrogens is 232 g/mol. The Balaban J connectivity index is 1.90. The molecule has 2 aromatic heterocycles. The van der Waals surface area contributed by atoms with Gasteiger partial charge in [0.1, 0.15) is 10.6 Å². The van der Waals surface area contributed by atoms with Crippen LogP contribution in [0.1, 0.15) is 18.2 Å². The maximum atomic E-state index is 5.73. The van der Waals surface area contributed by atoms with Gasteiger partial charge in [-0.05, 0) is 31.2 Å². The van der Waals surface area contributed by atoms with Crippen molar-refractivity contribution in [2.75, 3.05) is 17.6 Å². The molecule has 0 spiro atoms. The number of nitrogens with two attached hydrogens (primary N) is 1. The molecule has 2 atom stereocenters. The van der Waals surface area contributed by atoms with E-state index in [0.717, 1.165) is 34.4 Å². The van der Waals surface area contributed by atoms with Crippen molar-refractivity contribution in [2.24, 2.45) is 11.8 Å². The Kier molecular flexibility index (Phi) is 2.43. The normalized spacial score (nSPS) is 22.9. The number of aromatic nitrogens is 2. The lowest BCUT2D eigenvalue weighted by Crippen LogP contribution is -2.08. The fourth-order valence-electron chi connectivity index (χ4n) is 2.10. The predicted octanol–water partition coefficient (Wildman–Crippen LogP) is 2.65. The Morgan fingerprint density at radius 2 is 2.29 bits per heavy atom. The van der Waals surface area contributed by atoms with Gasteiger partial charge in [0.25, 0.3) is 0 Å². The first-order valence-electron chi connectivity index (χ1n) is 5.91. The molecule has 0 saturated heterocycles. The predicted molar refractivity (Wildman–Crippen MR) is 72.3 cm³/mol. The summed E-state index contributed by atoms with van der Waals surface area (Å²) in [5, 5.41) is 4.50. The largest absolute Gasteiger partial charge is 0.369 e. The van der Waals surface area contributed by atoms with Crippen LogP contribution in [-0.4, -0.2) is 16.5 Å². The average Bonchev–Trinajstić information content (AvgIpc) is 2.82. The Labute approximate surface area is 104 Å². The average molecular weight is 248 g/mol. The molecule has 2 aromatic rings. The van der Waals surface area contributed by atoms with Crippen LogP contribution in [0.15, 0.2) is 6.07 Å². The third kappa shape index (κ3) is 2.07. The molecule has 0 aromatic carbocycles. The summed E-state index contributed by atoms with van der Waals surface area (Å²) in [6, 6.07) is 2.12. The van der Waals surface area contributed by atoms with Gasteiger partial charge in [0, 0.05) is 11.4 Å². The highest BCUT2D eigenvalue weighted by Gasteiger charge is 2.32. The highest BCUT2D eigenvalue weighted by Crippen LogP contribution is 2.38. The SMILES string of the molecule is Cc1cc2c(NCC3CC3C)nc(N)nc2s1. The Hall–Kier alpha value is -1.36. The first kappa shape index (κ1) is 10.8. The molecule has 1 aliphatic carbocycles. The molecule has 1 fully saturated rings. The lowest BCUT2D eigenvalue weighted by molar-refractivity contribution is 0.785. The molecule has 0 bridgehead atoms. The highest BCUT2D eigenvalue weighted by molar-refractivity contribution is 7.18. The van der Waals surface area contributed by atoms with Crippen LogP contribution >= 0.6 is 11.3 Å². The lowest BCUT2D eigenvalue weighted by atomic mass is 10.3. The molecule has 3 rings (SSSR count). The smallest absolute Gasteiger partial charge is 0.223 e. The van der Waals surface area contributed by atoms with Crippen molar-refractivity contribution in [3.63, 3.8) is 0 Å². The van der Waals surface area contributed by atoms with Gasteiger partial charge >= 0.3 is 0 Å². The molecule has 2 unspecified atom stereocenters. The van der Waals surface area contributed by atoms with Crippen LogP contribution in [0.25, 0.3) is 10.2 Å². The molecule has 0 radical (unpaired) electrons. The molecule has 0 amide bonds. The maximum Gasteiger partial charge on any atom is 0.223 e. The van der Waals surface area contributed by atoms with Gasteiger partial charge in [-0.2, -0.15) is 4.98 Å². The van der Waals surface area contributed by atoms with Crippen LogP contribution in [-0.2, 0) is 0 Å². The number of hydrogen-bond acceptors (Lipinski definition) is 5. The molecule has 5 heteroatoms. The Bertz CT molecular complexity index is 563. The van der Waals surface area contributed by atoms with E-state index >= 15 is 0 Å². The van der Waals surface area contributed by atoms with Gasteiger partial charge in [-0.15, -0.1) is 11.3 Å². The van der Waals surface area contributed by atoms with E-state index in [0.29, 0.717) is 5.95 Å². The number of anilines is 2. The molecule has 3 N–H and O–H groups in total. The number of rotatable bonds is 3. The molecule has 0 aliphatic heterocycles. The van der Waals surface area contributed by atoms with E-state index in [9.17, 15) is 0 Å². The first-order chi connectivity index (χ1) is 8.13. The van der Waals surface area contributed by atoms with Crippen LogP contribution in [0.5, 0.6) is 0 Å². The van der Waals surface area contributed by atoms with Crippen molar-refractivity contribution in [1.29, 1.82) is 0 Å². The van der Waals surface area contributed by atoms with E-state index in [1.807, 2.05) is 0 Å². The van der Waals surface area contributed by atoms with Crippen LogP contribution < -0.4 is 11.1 Å². The van der Waals surface area contributed by atoms with E-state index in [1.54, 1.807) is 11.3 Å². The summed E-state index contributed by atoms with van der Waals surface area (Å²) in [6.07, 6.45) is 1.32. The zero-order valence-corrected chi connectivity index (χ0v) is 10.8. The van der Waals surface area contributed by atoms with Crippen molar-refractivity contribution in [2.45, 2.75) is 20.3 Å². The van der Waals surface area contributed by atoms with Crippen LogP contribution in [0.2, 0.25) is 0 Å². The number of aryl methyl sites for hydroxylation is 1.